The maximum atomic E-state index is 13.9. The molecule has 6 heteroatoms. The van der Waals surface area contributed by atoms with Crippen LogP contribution in [0.3, 0.4) is 0 Å². The summed E-state index contributed by atoms with van der Waals surface area (Å²) in [5.41, 5.74) is -0.259. The molecular weight excluding hydrogens is 496 g/mol. The van der Waals surface area contributed by atoms with Crippen molar-refractivity contribution in [2.24, 2.45) is 5.92 Å². The molecule has 222 valence electrons. The van der Waals surface area contributed by atoms with Crippen LogP contribution in [0.15, 0.2) is 18.2 Å². The van der Waals surface area contributed by atoms with E-state index in [0.29, 0.717) is 32.5 Å². The molecule has 2 rings (SSSR count). The highest BCUT2D eigenvalue weighted by Crippen LogP contribution is 2.22. The first-order valence-corrected chi connectivity index (χ1v) is 15.9. The van der Waals surface area contributed by atoms with Crippen molar-refractivity contribution in [3.8, 4) is 0 Å². The number of carbonyl (C=O) groups excluding carboxylic acids is 2. The van der Waals surface area contributed by atoms with Crippen LogP contribution in [0.2, 0.25) is 0 Å². The molecule has 0 radical (unpaired) electrons. The fourth-order valence-corrected chi connectivity index (χ4v) is 5.44. The van der Waals surface area contributed by atoms with Crippen molar-refractivity contribution >= 4 is 11.9 Å². The van der Waals surface area contributed by atoms with Crippen LogP contribution in [0.25, 0.3) is 0 Å². The summed E-state index contributed by atoms with van der Waals surface area (Å²) in [6.07, 6.45) is 24.8. The lowest BCUT2D eigenvalue weighted by atomic mass is 9.96. The fraction of sp³-hybridized carbons (Fsp3) is 0.758. The third-order valence-electron chi connectivity index (χ3n) is 8.02. The lowest BCUT2D eigenvalue weighted by Crippen LogP contribution is -2.41. The number of piperidine rings is 1. The molecule has 0 unspecified atom stereocenters. The zero-order chi connectivity index (χ0) is 28.1. The maximum absolute atomic E-state index is 13.9. The van der Waals surface area contributed by atoms with Gasteiger partial charge in [0.25, 0.3) is 5.91 Å². The lowest BCUT2D eigenvalue weighted by Gasteiger charge is -2.31. The Morgan fingerprint density at radius 3 is 1.69 bits per heavy atom. The van der Waals surface area contributed by atoms with Gasteiger partial charge in [-0.05, 0) is 37.5 Å². The molecule has 1 aromatic rings. The number of ether oxygens (including phenoxy) is 1. The van der Waals surface area contributed by atoms with E-state index in [1.54, 1.807) is 0 Å². The first-order valence-electron chi connectivity index (χ1n) is 15.9. The highest BCUT2D eigenvalue weighted by atomic mass is 19.1. The summed E-state index contributed by atoms with van der Waals surface area (Å²) in [7, 11) is 0. The smallest absolute Gasteiger partial charge is 0.309 e. The third kappa shape index (κ3) is 14.3. The standard InChI is InChI=1S/C33H53F2NO3/c1-2-3-4-5-6-7-8-9-10-11-12-13-14-15-16-17-18-19-26-39-33(38)28-22-24-36(25-23-28)32(37)30-27-29(34)20-21-31(30)35/h20-21,27-28H,2-19,22-26H2,1H3. The number of benzene rings is 1. The van der Waals surface area contributed by atoms with Gasteiger partial charge < -0.3 is 9.64 Å². The summed E-state index contributed by atoms with van der Waals surface area (Å²) in [4.78, 5) is 26.4. The molecule has 0 N–H and O–H groups in total. The van der Waals surface area contributed by atoms with Crippen LogP contribution in [-0.4, -0.2) is 36.5 Å². The van der Waals surface area contributed by atoms with Crippen molar-refractivity contribution in [2.75, 3.05) is 19.7 Å². The van der Waals surface area contributed by atoms with E-state index in [9.17, 15) is 18.4 Å². The number of likely N-dealkylation sites (tertiary alicyclic amines) is 1. The van der Waals surface area contributed by atoms with Gasteiger partial charge >= 0.3 is 5.97 Å². The molecule has 0 saturated carbocycles. The van der Waals surface area contributed by atoms with Crippen LogP contribution < -0.4 is 0 Å². The monoisotopic (exact) mass is 549 g/mol. The minimum Gasteiger partial charge on any atom is -0.465 e. The molecule has 1 heterocycles. The Morgan fingerprint density at radius 1 is 0.744 bits per heavy atom. The topological polar surface area (TPSA) is 46.6 Å². The van der Waals surface area contributed by atoms with E-state index in [-0.39, 0.29) is 17.5 Å². The van der Waals surface area contributed by atoms with Gasteiger partial charge in [-0.25, -0.2) is 8.78 Å². The van der Waals surface area contributed by atoms with Crippen molar-refractivity contribution in [1.29, 1.82) is 0 Å². The molecule has 0 aromatic heterocycles. The van der Waals surface area contributed by atoms with E-state index < -0.39 is 17.5 Å². The lowest BCUT2D eigenvalue weighted by molar-refractivity contribution is -0.150. The van der Waals surface area contributed by atoms with Gasteiger partial charge in [-0.2, -0.15) is 0 Å². The normalized spacial score (nSPS) is 14.1. The predicted molar refractivity (Wildman–Crippen MR) is 155 cm³/mol. The molecule has 39 heavy (non-hydrogen) atoms. The fourth-order valence-electron chi connectivity index (χ4n) is 5.44. The number of amides is 1. The van der Waals surface area contributed by atoms with E-state index in [4.69, 9.17) is 4.74 Å². The predicted octanol–water partition coefficient (Wildman–Crippen LogP) is 9.40. The summed E-state index contributed by atoms with van der Waals surface area (Å²) in [5, 5.41) is 0. The highest BCUT2D eigenvalue weighted by Gasteiger charge is 2.29. The molecule has 1 fully saturated rings. The minimum atomic E-state index is -0.729. The van der Waals surface area contributed by atoms with Crippen LogP contribution in [0.5, 0.6) is 0 Å². The summed E-state index contributed by atoms with van der Waals surface area (Å²) in [6.45, 7) is 3.40. The molecule has 0 spiro atoms. The number of esters is 1. The Labute approximate surface area is 236 Å². The molecule has 0 aliphatic carbocycles. The van der Waals surface area contributed by atoms with Gasteiger partial charge in [0, 0.05) is 13.1 Å². The number of hydrogen-bond donors (Lipinski definition) is 0. The van der Waals surface area contributed by atoms with Crippen molar-refractivity contribution in [3.63, 3.8) is 0 Å². The van der Waals surface area contributed by atoms with Gasteiger partial charge in [-0.3, -0.25) is 9.59 Å². The van der Waals surface area contributed by atoms with Crippen LogP contribution >= 0.6 is 0 Å². The third-order valence-corrected chi connectivity index (χ3v) is 8.02. The average molecular weight is 550 g/mol. The molecule has 1 amide bonds. The van der Waals surface area contributed by atoms with Crippen molar-refractivity contribution in [3.05, 3.63) is 35.4 Å². The van der Waals surface area contributed by atoms with Crippen LogP contribution in [0, 0.1) is 17.6 Å². The van der Waals surface area contributed by atoms with Crippen molar-refractivity contribution < 1.29 is 23.1 Å². The largest absolute Gasteiger partial charge is 0.465 e. The molecular formula is C33H53F2NO3. The first kappa shape index (κ1) is 33.2. The average Bonchev–Trinajstić information content (AvgIpc) is 2.95. The Morgan fingerprint density at radius 2 is 1.21 bits per heavy atom. The quantitative estimate of drug-likeness (QED) is 0.113. The van der Waals surface area contributed by atoms with Gasteiger partial charge in [0.2, 0.25) is 0 Å². The number of carbonyl (C=O) groups is 2. The second-order valence-electron chi connectivity index (χ2n) is 11.4. The van der Waals surface area contributed by atoms with Gasteiger partial charge in [-0.1, -0.05) is 116 Å². The number of unbranched alkanes of at least 4 members (excludes halogenated alkanes) is 17. The Kier molecular flexibility index (Phi) is 17.8. The molecule has 0 atom stereocenters. The van der Waals surface area contributed by atoms with Gasteiger partial charge in [-0.15, -0.1) is 0 Å². The first-order chi connectivity index (χ1) is 19.0. The highest BCUT2D eigenvalue weighted by molar-refractivity contribution is 5.94. The van der Waals surface area contributed by atoms with E-state index in [1.807, 2.05) is 0 Å². The molecule has 1 saturated heterocycles. The molecule has 1 aliphatic rings. The Balaban J connectivity index is 1.37. The molecule has 1 aromatic carbocycles. The van der Waals surface area contributed by atoms with Crippen LogP contribution in [0.1, 0.15) is 146 Å². The number of nitrogens with zero attached hydrogens (tertiary/aromatic N) is 1. The molecule has 4 nitrogen and oxygen atoms in total. The van der Waals surface area contributed by atoms with Crippen molar-refractivity contribution in [1.82, 2.24) is 4.90 Å². The van der Waals surface area contributed by atoms with Gasteiger partial charge in [0.05, 0.1) is 18.1 Å². The second kappa shape index (κ2) is 20.9. The summed E-state index contributed by atoms with van der Waals surface area (Å²) < 4.78 is 32.8. The van der Waals surface area contributed by atoms with Crippen LogP contribution in [0.4, 0.5) is 8.78 Å². The summed E-state index contributed by atoms with van der Waals surface area (Å²) in [6, 6.07) is 2.89. The Hall–Kier alpha value is -1.98. The van der Waals surface area contributed by atoms with Crippen molar-refractivity contribution in [2.45, 2.75) is 135 Å². The Bertz CT molecular complexity index is 808. The molecule has 0 bridgehead atoms. The number of rotatable bonds is 21. The van der Waals surface area contributed by atoms with E-state index >= 15 is 0 Å². The van der Waals surface area contributed by atoms with E-state index in [1.165, 1.54) is 108 Å². The molecule has 1 aliphatic heterocycles. The van der Waals surface area contributed by atoms with E-state index in [2.05, 4.69) is 6.92 Å². The zero-order valence-corrected chi connectivity index (χ0v) is 24.5. The van der Waals surface area contributed by atoms with Crippen LogP contribution in [-0.2, 0) is 9.53 Å². The minimum absolute atomic E-state index is 0.203. The van der Waals surface area contributed by atoms with E-state index in [0.717, 1.165) is 31.0 Å². The number of halogens is 2. The van der Waals surface area contributed by atoms with Gasteiger partial charge in [0.15, 0.2) is 0 Å². The SMILES string of the molecule is CCCCCCCCCCCCCCCCCCCCOC(=O)C1CCN(C(=O)c2cc(F)ccc2F)CC1. The zero-order valence-electron chi connectivity index (χ0n) is 24.5. The summed E-state index contributed by atoms with van der Waals surface area (Å²) in [5.74, 6) is -2.34. The number of hydrogen-bond acceptors (Lipinski definition) is 3. The second-order valence-corrected chi connectivity index (χ2v) is 11.4. The summed E-state index contributed by atoms with van der Waals surface area (Å²) >= 11 is 0. The maximum Gasteiger partial charge on any atom is 0.309 e. The van der Waals surface area contributed by atoms with Gasteiger partial charge in [0.1, 0.15) is 11.6 Å².